The van der Waals surface area contributed by atoms with Gasteiger partial charge in [0.05, 0.1) is 5.69 Å². The first-order valence-electron chi connectivity index (χ1n) is 6.76. The van der Waals surface area contributed by atoms with Crippen LogP contribution in [0.4, 0.5) is 5.69 Å². The van der Waals surface area contributed by atoms with Crippen LogP contribution in [0.2, 0.25) is 0 Å². The monoisotopic (exact) mass is 297 g/mol. The minimum atomic E-state index is -3.66. The van der Waals surface area contributed by atoms with Gasteiger partial charge < -0.3 is 10.3 Å². The van der Waals surface area contributed by atoms with Crippen LogP contribution in [0.5, 0.6) is 0 Å². The molecule has 4 N–H and O–H groups in total. The SMILES string of the molecule is NNc1cccnc1S(=O)(=O)NC1CN2CCC1CC2. The lowest BCUT2D eigenvalue weighted by Gasteiger charge is -2.44. The second-order valence-electron chi connectivity index (χ2n) is 5.37. The topological polar surface area (TPSA) is 100 Å². The summed E-state index contributed by atoms with van der Waals surface area (Å²) in [6.45, 7) is 2.92. The molecule has 0 aliphatic carbocycles. The number of hydrogen-bond acceptors (Lipinski definition) is 6. The van der Waals surface area contributed by atoms with Crippen LogP contribution in [0.25, 0.3) is 0 Å². The fraction of sp³-hybridized carbons (Fsp3) is 0.583. The number of anilines is 1. The fourth-order valence-electron chi connectivity index (χ4n) is 3.07. The lowest BCUT2D eigenvalue weighted by molar-refractivity contribution is 0.0827. The highest BCUT2D eigenvalue weighted by atomic mass is 32.2. The zero-order valence-electron chi connectivity index (χ0n) is 11.1. The van der Waals surface area contributed by atoms with Gasteiger partial charge in [0, 0.05) is 18.8 Å². The van der Waals surface area contributed by atoms with Crippen molar-refractivity contribution >= 4 is 15.7 Å². The number of fused-ring (bicyclic) bond motifs is 3. The summed E-state index contributed by atoms with van der Waals surface area (Å²) in [5.41, 5.74) is 2.69. The molecule has 4 heterocycles. The van der Waals surface area contributed by atoms with E-state index in [4.69, 9.17) is 5.84 Å². The molecule has 2 bridgehead atoms. The van der Waals surface area contributed by atoms with E-state index in [2.05, 4.69) is 20.0 Å². The molecule has 0 radical (unpaired) electrons. The van der Waals surface area contributed by atoms with Crippen LogP contribution < -0.4 is 16.0 Å². The Morgan fingerprint density at radius 1 is 1.35 bits per heavy atom. The summed E-state index contributed by atoms with van der Waals surface area (Å²) in [7, 11) is -3.66. The van der Waals surface area contributed by atoms with Crippen LogP contribution in [0, 0.1) is 5.92 Å². The Labute approximate surface area is 118 Å². The average Bonchev–Trinajstić information content (AvgIpc) is 2.48. The Morgan fingerprint density at radius 3 is 2.70 bits per heavy atom. The van der Waals surface area contributed by atoms with Gasteiger partial charge in [0.25, 0.3) is 10.0 Å². The molecule has 3 saturated heterocycles. The van der Waals surface area contributed by atoms with E-state index in [1.165, 1.54) is 6.20 Å². The van der Waals surface area contributed by atoms with Gasteiger partial charge in [0.2, 0.25) is 0 Å². The number of aromatic nitrogens is 1. The van der Waals surface area contributed by atoms with Crippen molar-refractivity contribution in [3.8, 4) is 0 Å². The van der Waals surface area contributed by atoms with Gasteiger partial charge in [-0.05, 0) is 44.0 Å². The summed E-state index contributed by atoms with van der Waals surface area (Å²) < 4.78 is 27.7. The number of hydrazine groups is 1. The smallest absolute Gasteiger partial charge is 0.260 e. The third-order valence-electron chi connectivity index (χ3n) is 4.14. The van der Waals surface area contributed by atoms with Crippen molar-refractivity contribution in [2.24, 2.45) is 11.8 Å². The number of piperidine rings is 3. The predicted molar refractivity (Wildman–Crippen MR) is 75.3 cm³/mol. The molecule has 0 amide bonds. The molecular formula is C12H19N5O2S. The van der Waals surface area contributed by atoms with Gasteiger partial charge in [-0.3, -0.25) is 5.84 Å². The van der Waals surface area contributed by atoms with E-state index in [-0.39, 0.29) is 11.1 Å². The van der Waals surface area contributed by atoms with E-state index >= 15 is 0 Å². The van der Waals surface area contributed by atoms with Crippen molar-refractivity contribution < 1.29 is 8.42 Å². The second-order valence-corrected chi connectivity index (χ2v) is 7.00. The maximum Gasteiger partial charge on any atom is 0.260 e. The summed E-state index contributed by atoms with van der Waals surface area (Å²) in [5.74, 6) is 5.77. The highest BCUT2D eigenvalue weighted by molar-refractivity contribution is 7.89. The van der Waals surface area contributed by atoms with Gasteiger partial charge in [-0.1, -0.05) is 0 Å². The molecule has 3 aliphatic heterocycles. The first-order chi connectivity index (χ1) is 9.60. The van der Waals surface area contributed by atoms with E-state index in [1.807, 2.05) is 0 Å². The number of nitrogens with one attached hydrogen (secondary N) is 2. The molecule has 0 aromatic carbocycles. The molecular weight excluding hydrogens is 278 g/mol. The molecule has 1 atom stereocenters. The number of sulfonamides is 1. The van der Waals surface area contributed by atoms with E-state index in [0.717, 1.165) is 32.5 Å². The molecule has 8 heteroatoms. The van der Waals surface area contributed by atoms with Gasteiger partial charge in [0.1, 0.15) is 0 Å². The number of rotatable bonds is 4. The standard InChI is InChI=1S/C12H19N5O2S/c13-15-10-2-1-5-14-12(10)20(18,19)16-11-8-17-6-3-9(11)4-7-17/h1-2,5,9,11,15-16H,3-4,6-8,13H2. The first kappa shape index (κ1) is 13.7. The molecule has 110 valence electrons. The summed E-state index contributed by atoms with van der Waals surface area (Å²) >= 11 is 0. The number of hydrogen-bond donors (Lipinski definition) is 3. The number of nitrogens with zero attached hydrogens (tertiary/aromatic N) is 2. The minimum absolute atomic E-state index is 0.0323. The van der Waals surface area contributed by atoms with E-state index < -0.39 is 10.0 Å². The van der Waals surface area contributed by atoms with Gasteiger partial charge in [-0.15, -0.1) is 0 Å². The van der Waals surface area contributed by atoms with Gasteiger partial charge in [-0.2, -0.15) is 0 Å². The maximum atomic E-state index is 12.5. The van der Waals surface area contributed by atoms with Crippen LogP contribution in [0.1, 0.15) is 12.8 Å². The van der Waals surface area contributed by atoms with Gasteiger partial charge in [0.15, 0.2) is 5.03 Å². The minimum Gasteiger partial charge on any atom is -0.321 e. The largest absolute Gasteiger partial charge is 0.321 e. The molecule has 0 saturated carbocycles. The van der Waals surface area contributed by atoms with Gasteiger partial charge >= 0.3 is 0 Å². The Hall–Kier alpha value is -1.22. The van der Waals surface area contributed by atoms with E-state index in [9.17, 15) is 8.42 Å². The molecule has 20 heavy (non-hydrogen) atoms. The Morgan fingerprint density at radius 2 is 2.10 bits per heavy atom. The molecule has 1 unspecified atom stereocenters. The number of nitrogens with two attached hydrogens (primary N) is 1. The Kier molecular flexibility index (Phi) is 3.63. The Balaban J connectivity index is 1.82. The molecule has 0 spiro atoms. The summed E-state index contributed by atoms with van der Waals surface area (Å²) in [6, 6.07) is 3.20. The number of pyridine rings is 1. The zero-order valence-corrected chi connectivity index (χ0v) is 11.9. The summed E-state index contributed by atoms with van der Waals surface area (Å²) in [5, 5.41) is -0.0426. The van der Waals surface area contributed by atoms with Crippen molar-refractivity contribution in [2.45, 2.75) is 23.9 Å². The first-order valence-corrected chi connectivity index (χ1v) is 8.25. The molecule has 1 aromatic rings. The van der Waals surface area contributed by atoms with Crippen molar-refractivity contribution in [3.63, 3.8) is 0 Å². The third-order valence-corrected chi connectivity index (χ3v) is 5.59. The van der Waals surface area contributed by atoms with Crippen molar-refractivity contribution in [3.05, 3.63) is 18.3 Å². The number of nitrogen functional groups attached to an aromatic ring is 1. The lowest BCUT2D eigenvalue weighted by atomic mass is 9.85. The normalized spacial score (nSPS) is 29.4. The highest BCUT2D eigenvalue weighted by Gasteiger charge is 2.37. The molecule has 3 aliphatic rings. The summed E-state index contributed by atoms with van der Waals surface area (Å²) in [4.78, 5) is 6.24. The summed E-state index contributed by atoms with van der Waals surface area (Å²) in [6.07, 6.45) is 3.56. The molecule has 3 fully saturated rings. The third kappa shape index (κ3) is 2.51. The van der Waals surface area contributed by atoms with Crippen LogP contribution in [-0.4, -0.2) is 44.0 Å². The van der Waals surface area contributed by atoms with E-state index in [1.54, 1.807) is 12.1 Å². The van der Waals surface area contributed by atoms with Crippen LogP contribution >= 0.6 is 0 Å². The van der Waals surface area contributed by atoms with Crippen molar-refractivity contribution in [2.75, 3.05) is 25.1 Å². The quantitative estimate of drug-likeness (QED) is 0.523. The molecule has 7 nitrogen and oxygen atoms in total. The van der Waals surface area contributed by atoms with Crippen LogP contribution in [0.15, 0.2) is 23.4 Å². The maximum absolute atomic E-state index is 12.5. The van der Waals surface area contributed by atoms with Crippen LogP contribution in [0.3, 0.4) is 0 Å². The lowest BCUT2D eigenvalue weighted by Crippen LogP contribution is -2.57. The molecule has 4 rings (SSSR count). The fourth-order valence-corrected chi connectivity index (χ4v) is 4.46. The Bertz CT molecular complexity index is 583. The van der Waals surface area contributed by atoms with Gasteiger partial charge in [-0.25, -0.2) is 18.1 Å². The van der Waals surface area contributed by atoms with E-state index in [0.29, 0.717) is 11.6 Å². The van der Waals surface area contributed by atoms with Crippen molar-refractivity contribution in [1.82, 2.24) is 14.6 Å². The second kappa shape index (κ2) is 5.28. The highest BCUT2D eigenvalue weighted by Crippen LogP contribution is 2.29. The zero-order chi connectivity index (χ0) is 14.2. The van der Waals surface area contributed by atoms with Crippen LogP contribution in [-0.2, 0) is 10.0 Å². The van der Waals surface area contributed by atoms with Crippen molar-refractivity contribution in [1.29, 1.82) is 0 Å². The predicted octanol–water partition coefficient (Wildman–Crippen LogP) is -0.260. The molecule has 1 aromatic heterocycles. The average molecular weight is 297 g/mol.